The quantitative estimate of drug-likeness (QED) is 0.922. The van der Waals surface area contributed by atoms with Crippen molar-refractivity contribution in [3.8, 4) is 10.6 Å². The highest BCUT2D eigenvalue weighted by Gasteiger charge is 2.20. The van der Waals surface area contributed by atoms with Gasteiger partial charge in [0.2, 0.25) is 0 Å². The Balaban J connectivity index is 2.17. The number of carbonyl (C=O) groups excluding carboxylic acids is 1. The Labute approximate surface area is 124 Å². The lowest BCUT2D eigenvalue weighted by molar-refractivity contribution is 0.0907. The van der Waals surface area contributed by atoms with Crippen LogP contribution in [0.1, 0.15) is 43.2 Å². The lowest BCUT2D eigenvalue weighted by Gasteiger charge is -2.23. The van der Waals surface area contributed by atoms with Crippen molar-refractivity contribution < 1.29 is 4.79 Å². The number of carbonyl (C=O) groups is 1. The summed E-state index contributed by atoms with van der Waals surface area (Å²) in [4.78, 5) is 16.6. The molecule has 4 heteroatoms. The summed E-state index contributed by atoms with van der Waals surface area (Å²) < 4.78 is 0. The molecule has 0 bridgehead atoms. The monoisotopic (exact) mass is 288 g/mol. The second-order valence-electron chi connectivity index (χ2n) is 5.60. The Morgan fingerprint density at radius 1 is 1.30 bits per heavy atom. The van der Waals surface area contributed by atoms with Gasteiger partial charge in [-0.3, -0.25) is 4.79 Å². The first-order valence-electron chi connectivity index (χ1n) is 6.76. The predicted octanol–water partition coefficient (Wildman–Crippen LogP) is 4.04. The fourth-order valence-electron chi connectivity index (χ4n) is 1.67. The smallest absolute Gasteiger partial charge is 0.271 e. The van der Waals surface area contributed by atoms with Crippen molar-refractivity contribution in [3.63, 3.8) is 0 Å². The third-order valence-corrected chi connectivity index (χ3v) is 4.26. The highest BCUT2D eigenvalue weighted by molar-refractivity contribution is 7.13. The van der Waals surface area contributed by atoms with E-state index in [0.29, 0.717) is 5.69 Å². The lowest BCUT2D eigenvalue weighted by atomic mass is 10.0. The van der Waals surface area contributed by atoms with Crippen LogP contribution in [0, 0.1) is 6.92 Å². The van der Waals surface area contributed by atoms with Gasteiger partial charge in [-0.25, -0.2) is 4.98 Å². The van der Waals surface area contributed by atoms with Crippen molar-refractivity contribution in [1.29, 1.82) is 0 Å². The van der Waals surface area contributed by atoms with Crippen molar-refractivity contribution in [2.75, 3.05) is 0 Å². The summed E-state index contributed by atoms with van der Waals surface area (Å²) in [7, 11) is 0. The molecular weight excluding hydrogens is 268 g/mol. The number of nitrogens with one attached hydrogen (secondary N) is 1. The number of hydrogen-bond donors (Lipinski definition) is 1. The van der Waals surface area contributed by atoms with Crippen molar-refractivity contribution in [1.82, 2.24) is 10.3 Å². The van der Waals surface area contributed by atoms with Crippen LogP contribution in [0.4, 0.5) is 0 Å². The third-order valence-electron chi connectivity index (χ3n) is 3.37. The van der Waals surface area contributed by atoms with Gasteiger partial charge in [0.1, 0.15) is 10.7 Å². The largest absolute Gasteiger partial charge is 0.346 e. The topological polar surface area (TPSA) is 42.0 Å². The molecule has 2 aromatic rings. The van der Waals surface area contributed by atoms with Crippen LogP contribution in [0.25, 0.3) is 10.6 Å². The Morgan fingerprint density at radius 2 is 1.95 bits per heavy atom. The standard InChI is InChI=1S/C16H20N2OS/c1-5-16(3,4)18-14(19)13-10-20-15(17-13)12-8-6-11(2)7-9-12/h6-10H,5H2,1-4H3,(H,18,19). The zero-order valence-electron chi connectivity index (χ0n) is 12.4. The Morgan fingerprint density at radius 3 is 2.55 bits per heavy atom. The van der Waals surface area contributed by atoms with Gasteiger partial charge >= 0.3 is 0 Å². The molecule has 0 radical (unpaired) electrons. The molecule has 0 aliphatic carbocycles. The maximum atomic E-state index is 12.2. The van der Waals surface area contributed by atoms with Crippen LogP contribution in [0.2, 0.25) is 0 Å². The molecule has 0 aliphatic heterocycles. The minimum Gasteiger partial charge on any atom is -0.346 e. The molecule has 1 aromatic carbocycles. The van der Waals surface area contributed by atoms with E-state index in [1.807, 2.05) is 31.4 Å². The van der Waals surface area contributed by atoms with Crippen LogP contribution in [-0.2, 0) is 0 Å². The second kappa shape index (κ2) is 5.75. The predicted molar refractivity (Wildman–Crippen MR) is 84.1 cm³/mol. The highest BCUT2D eigenvalue weighted by Crippen LogP contribution is 2.24. The van der Waals surface area contributed by atoms with Gasteiger partial charge in [-0.1, -0.05) is 36.8 Å². The van der Waals surface area contributed by atoms with E-state index in [9.17, 15) is 4.79 Å². The molecule has 0 saturated heterocycles. The van der Waals surface area contributed by atoms with Gasteiger partial charge in [-0.2, -0.15) is 0 Å². The molecular formula is C16H20N2OS. The van der Waals surface area contributed by atoms with E-state index in [-0.39, 0.29) is 11.4 Å². The lowest BCUT2D eigenvalue weighted by Crippen LogP contribution is -2.42. The Bertz CT molecular complexity index is 599. The highest BCUT2D eigenvalue weighted by atomic mass is 32.1. The summed E-state index contributed by atoms with van der Waals surface area (Å²) in [6, 6.07) is 8.17. The van der Waals surface area contributed by atoms with Gasteiger partial charge in [-0.05, 0) is 27.2 Å². The molecule has 106 valence electrons. The molecule has 1 amide bonds. The van der Waals surface area contributed by atoms with Gasteiger partial charge in [0.15, 0.2) is 0 Å². The maximum absolute atomic E-state index is 12.2. The van der Waals surface area contributed by atoms with Crippen LogP contribution in [0.3, 0.4) is 0 Å². The maximum Gasteiger partial charge on any atom is 0.271 e. The van der Waals surface area contributed by atoms with Crippen LogP contribution >= 0.6 is 11.3 Å². The van der Waals surface area contributed by atoms with Crippen LogP contribution in [-0.4, -0.2) is 16.4 Å². The molecule has 0 aliphatic rings. The minimum atomic E-state index is -0.204. The summed E-state index contributed by atoms with van der Waals surface area (Å²) in [5.41, 5.74) is 2.56. The molecule has 3 nitrogen and oxygen atoms in total. The number of amides is 1. The first-order chi connectivity index (χ1) is 9.41. The molecule has 0 atom stereocenters. The van der Waals surface area contributed by atoms with Gasteiger partial charge in [0.05, 0.1) is 0 Å². The number of benzene rings is 1. The molecule has 1 heterocycles. The molecule has 2 rings (SSSR count). The zero-order chi connectivity index (χ0) is 14.8. The number of rotatable bonds is 4. The zero-order valence-corrected chi connectivity index (χ0v) is 13.2. The molecule has 0 saturated carbocycles. The Hall–Kier alpha value is -1.68. The summed E-state index contributed by atoms with van der Waals surface area (Å²) in [5, 5.41) is 5.70. The van der Waals surface area contributed by atoms with Crippen LogP contribution in [0.15, 0.2) is 29.6 Å². The van der Waals surface area contributed by atoms with E-state index >= 15 is 0 Å². The van der Waals surface area contributed by atoms with Crippen LogP contribution < -0.4 is 5.32 Å². The summed E-state index contributed by atoms with van der Waals surface area (Å²) in [5.74, 6) is -0.105. The van der Waals surface area contributed by atoms with Gasteiger partial charge in [-0.15, -0.1) is 11.3 Å². The summed E-state index contributed by atoms with van der Waals surface area (Å²) in [6.07, 6.45) is 0.883. The first-order valence-corrected chi connectivity index (χ1v) is 7.64. The average molecular weight is 288 g/mol. The fraction of sp³-hybridized carbons (Fsp3) is 0.375. The van der Waals surface area contributed by atoms with Crippen molar-refractivity contribution in [2.45, 2.75) is 39.7 Å². The molecule has 1 aromatic heterocycles. The molecule has 1 N–H and O–H groups in total. The number of hydrogen-bond acceptors (Lipinski definition) is 3. The summed E-state index contributed by atoms with van der Waals surface area (Å²) in [6.45, 7) is 8.13. The first kappa shape index (κ1) is 14.7. The van der Waals surface area contributed by atoms with E-state index in [4.69, 9.17) is 0 Å². The van der Waals surface area contributed by atoms with Gasteiger partial charge in [0, 0.05) is 16.5 Å². The van der Waals surface area contributed by atoms with Crippen molar-refractivity contribution in [3.05, 3.63) is 40.9 Å². The summed E-state index contributed by atoms with van der Waals surface area (Å²) >= 11 is 1.50. The molecule has 0 fully saturated rings. The molecule has 0 spiro atoms. The number of nitrogens with zero attached hydrogens (tertiary/aromatic N) is 1. The second-order valence-corrected chi connectivity index (χ2v) is 6.45. The molecule has 0 unspecified atom stereocenters. The third kappa shape index (κ3) is 3.45. The molecule has 20 heavy (non-hydrogen) atoms. The SMILES string of the molecule is CCC(C)(C)NC(=O)c1csc(-c2ccc(C)cc2)n1. The number of aromatic nitrogens is 1. The van der Waals surface area contributed by atoms with Crippen molar-refractivity contribution in [2.24, 2.45) is 0 Å². The number of aryl methyl sites for hydroxylation is 1. The minimum absolute atomic E-state index is 0.105. The van der Waals surface area contributed by atoms with E-state index < -0.39 is 0 Å². The van der Waals surface area contributed by atoms with E-state index in [0.717, 1.165) is 17.0 Å². The van der Waals surface area contributed by atoms with E-state index in [2.05, 4.69) is 36.3 Å². The average Bonchev–Trinajstić information content (AvgIpc) is 2.89. The fourth-order valence-corrected chi connectivity index (χ4v) is 2.47. The van der Waals surface area contributed by atoms with Gasteiger partial charge in [0.25, 0.3) is 5.91 Å². The number of thiazole rings is 1. The van der Waals surface area contributed by atoms with E-state index in [1.165, 1.54) is 16.9 Å². The van der Waals surface area contributed by atoms with Gasteiger partial charge < -0.3 is 5.32 Å². The normalized spacial score (nSPS) is 11.4. The van der Waals surface area contributed by atoms with Crippen LogP contribution in [0.5, 0.6) is 0 Å². The van der Waals surface area contributed by atoms with Crippen molar-refractivity contribution >= 4 is 17.2 Å². The Kier molecular flexibility index (Phi) is 4.23. The van der Waals surface area contributed by atoms with E-state index in [1.54, 1.807) is 0 Å².